The van der Waals surface area contributed by atoms with Gasteiger partial charge in [-0.25, -0.2) is 15.1 Å². The van der Waals surface area contributed by atoms with Crippen molar-refractivity contribution in [2.24, 2.45) is 0 Å². The normalized spacial score (nSPS) is 13.1. The van der Waals surface area contributed by atoms with Gasteiger partial charge in [0.2, 0.25) is 5.91 Å². The number of halogens is 4. The number of urea groups is 1. The van der Waals surface area contributed by atoms with E-state index in [1.807, 2.05) is 12.1 Å². The zero-order valence-electron chi connectivity index (χ0n) is 21.9. The monoisotopic (exact) mass is 586 g/mol. The number of benzene rings is 2. The number of aliphatic carboxylic acids is 1. The van der Waals surface area contributed by atoms with Crippen LogP contribution in [0.25, 0.3) is 0 Å². The van der Waals surface area contributed by atoms with E-state index in [-0.39, 0.29) is 11.9 Å². The molecule has 9 nitrogen and oxygen atoms in total. The quantitative estimate of drug-likeness (QED) is 0.144. The molecule has 1 aliphatic rings. The van der Waals surface area contributed by atoms with Gasteiger partial charge in [-0.1, -0.05) is 24.4 Å². The van der Waals surface area contributed by atoms with Crippen LogP contribution >= 0.6 is 11.6 Å². The average molecular weight is 587 g/mol. The number of carbonyl (C=O) groups excluding carboxylic acids is 2. The predicted molar refractivity (Wildman–Crippen MR) is 147 cm³/mol. The Labute approximate surface area is 235 Å². The number of nitrogens with zero attached hydrogens (tertiary/aromatic N) is 2. The van der Waals surface area contributed by atoms with Gasteiger partial charge >= 0.3 is 18.2 Å². The molecule has 1 aliphatic heterocycles. The van der Waals surface area contributed by atoms with Crippen molar-refractivity contribution >= 4 is 46.6 Å². The van der Waals surface area contributed by atoms with E-state index in [0.29, 0.717) is 30.1 Å². The van der Waals surface area contributed by atoms with Gasteiger partial charge in [-0.15, -0.1) is 0 Å². The third kappa shape index (κ3) is 11.7. The second-order valence-corrected chi connectivity index (χ2v) is 9.59. The van der Waals surface area contributed by atoms with Crippen LogP contribution in [-0.2, 0) is 9.59 Å². The molecule has 0 saturated carbocycles. The molecular formula is C27H34ClF3N4O5. The summed E-state index contributed by atoms with van der Waals surface area (Å²) in [5, 5.41) is 19.3. The Bertz CT molecular complexity index is 1080. The molecule has 40 heavy (non-hydrogen) atoms. The van der Waals surface area contributed by atoms with E-state index in [0.717, 1.165) is 38.0 Å². The number of piperidine rings is 1. The summed E-state index contributed by atoms with van der Waals surface area (Å²) in [7, 11) is 0. The van der Waals surface area contributed by atoms with Gasteiger partial charge in [0, 0.05) is 48.1 Å². The fourth-order valence-corrected chi connectivity index (χ4v) is 4.16. The van der Waals surface area contributed by atoms with E-state index in [1.165, 1.54) is 24.9 Å². The number of hydrogen-bond donors (Lipinski definition) is 4. The highest BCUT2D eigenvalue weighted by Crippen LogP contribution is 2.25. The second kappa shape index (κ2) is 16.6. The van der Waals surface area contributed by atoms with Crippen LogP contribution in [0.15, 0.2) is 48.5 Å². The first kappa shape index (κ1) is 32.7. The molecule has 0 spiro atoms. The Balaban J connectivity index is 0.000000708. The summed E-state index contributed by atoms with van der Waals surface area (Å²) >= 11 is 5.96. The van der Waals surface area contributed by atoms with Crippen LogP contribution in [0.4, 0.5) is 35.0 Å². The SMILES string of the molecule is O=C(CCCCCCN(C(=O)Nc1ccc(Cl)cc1)c1ccc(N2CCCCC2)cc1)NO.O=C(O)C(F)(F)F. The van der Waals surface area contributed by atoms with Crippen LogP contribution in [0.2, 0.25) is 5.02 Å². The van der Waals surface area contributed by atoms with Crippen LogP contribution in [0.1, 0.15) is 51.4 Å². The van der Waals surface area contributed by atoms with Crippen molar-refractivity contribution in [3.05, 3.63) is 53.6 Å². The van der Waals surface area contributed by atoms with Crippen molar-refractivity contribution in [3.63, 3.8) is 0 Å². The van der Waals surface area contributed by atoms with Crippen molar-refractivity contribution in [1.29, 1.82) is 0 Å². The molecule has 3 amide bonds. The second-order valence-electron chi connectivity index (χ2n) is 9.15. The summed E-state index contributed by atoms with van der Waals surface area (Å²) in [5.74, 6) is -3.12. The van der Waals surface area contributed by atoms with Crippen LogP contribution in [0, 0.1) is 0 Å². The predicted octanol–water partition coefficient (Wildman–Crippen LogP) is 6.46. The summed E-state index contributed by atoms with van der Waals surface area (Å²) in [5.41, 5.74) is 4.38. The number of hydrogen-bond acceptors (Lipinski definition) is 5. The van der Waals surface area contributed by atoms with Crippen LogP contribution in [-0.4, -0.2) is 54.0 Å². The first-order valence-electron chi connectivity index (χ1n) is 12.9. The van der Waals surface area contributed by atoms with Gasteiger partial charge in [-0.3, -0.25) is 14.9 Å². The Morgan fingerprint density at radius 1 is 0.900 bits per heavy atom. The van der Waals surface area contributed by atoms with Crippen LogP contribution in [0.3, 0.4) is 0 Å². The molecule has 0 aliphatic carbocycles. The molecule has 2 aromatic carbocycles. The maximum atomic E-state index is 13.1. The number of alkyl halides is 3. The third-order valence-corrected chi connectivity index (χ3v) is 6.38. The topological polar surface area (TPSA) is 122 Å². The molecule has 1 saturated heterocycles. The van der Waals surface area contributed by atoms with Gasteiger partial charge in [-0.05, 0) is 80.6 Å². The minimum absolute atomic E-state index is 0.192. The Morgan fingerprint density at radius 2 is 1.48 bits per heavy atom. The lowest BCUT2D eigenvalue weighted by Crippen LogP contribution is -2.36. The molecule has 0 unspecified atom stereocenters. The van der Waals surface area contributed by atoms with Crippen molar-refractivity contribution in [2.75, 3.05) is 34.8 Å². The molecule has 2 aromatic rings. The maximum absolute atomic E-state index is 13.1. The molecule has 1 heterocycles. The highest BCUT2D eigenvalue weighted by atomic mass is 35.5. The minimum atomic E-state index is -5.08. The van der Waals surface area contributed by atoms with Crippen molar-refractivity contribution in [2.45, 2.75) is 57.5 Å². The lowest BCUT2D eigenvalue weighted by Gasteiger charge is -2.29. The maximum Gasteiger partial charge on any atom is 0.490 e. The number of nitrogens with one attached hydrogen (secondary N) is 2. The first-order chi connectivity index (χ1) is 19.0. The molecule has 4 N–H and O–H groups in total. The molecular weight excluding hydrogens is 553 g/mol. The lowest BCUT2D eigenvalue weighted by molar-refractivity contribution is -0.192. The summed E-state index contributed by atoms with van der Waals surface area (Å²) in [6, 6.07) is 15.1. The van der Waals surface area contributed by atoms with E-state index in [1.54, 1.807) is 34.6 Å². The van der Waals surface area contributed by atoms with Gasteiger partial charge in [0.05, 0.1) is 0 Å². The molecule has 1 fully saturated rings. The summed E-state index contributed by atoms with van der Waals surface area (Å²) in [4.78, 5) is 37.3. The largest absolute Gasteiger partial charge is 0.490 e. The van der Waals surface area contributed by atoms with Gasteiger partial charge < -0.3 is 15.3 Å². The third-order valence-electron chi connectivity index (χ3n) is 6.13. The molecule has 13 heteroatoms. The number of amides is 3. The number of carboxylic acid groups (broad SMARTS) is 1. The molecule has 0 aromatic heterocycles. The highest BCUT2D eigenvalue weighted by molar-refractivity contribution is 6.30. The number of rotatable bonds is 10. The van der Waals surface area contributed by atoms with Gasteiger partial charge in [-0.2, -0.15) is 13.2 Å². The number of anilines is 3. The van der Waals surface area contributed by atoms with Gasteiger partial charge in [0.15, 0.2) is 0 Å². The smallest absolute Gasteiger partial charge is 0.475 e. The number of carbonyl (C=O) groups is 3. The minimum Gasteiger partial charge on any atom is -0.475 e. The van der Waals surface area contributed by atoms with Gasteiger partial charge in [0.1, 0.15) is 0 Å². The van der Waals surface area contributed by atoms with Crippen LogP contribution < -0.4 is 20.6 Å². The molecule has 0 radical (unpaired) electrons. The van der Waals surface area contributed by atoms with Crippen molar-refractivity contribution < 1.29 is 37.9 Å². The molecule has 0 bridgehead atoms. The molecule has 3 rings (SSSR count). The lowest BCUT2D eigenvalue weighted by atomic mass is 10.1. The van der Waals surface area contributed by atoms with E-state index in [9.17, 15) is 22.8 Å². The summed E-state index contributed by atoms with van der Waals surface area (Å²) in [6.45, 7) is 2.72. The fraction of sp³-hybridized carbons (Fsp3) is 0.444. The van der Waals surface area contributed by atoms with E-state index >= 15 is 0 Å². The Kier molecular flexibility index (Phi) is 13.5. The van der Waals surface area contributed by atoms with Crippen molar-refractivity contribution in [1.82, 2.24) is 5.48 Å². The zero-order chi connectivity index (χ0) is 29.5. The highest BCUT2D eigenvalue weighted by Gasteiger charge is 2.38. The molecule has 220 valence electrons. The Morgan fingerprint density at radius 3 is 2.02 bits per heavy atom. The number of hydroxylamine groups is 1. The van der Waals surface area contributed by atoms with E-state index in [2.05, 4.69) is 22.3 Å². The Hall–Kier alpha value is -3.51. The number of carboxylic acids is 1. The van der Waals surface area contributed by atoms with Crippen molar-refractivity contribution in [3.8, 4) is 0 Å². The van der Waals surface area contributed by atoms with E-state index < -0.39 is 12.1 Å². The standard InChI is InChI=1S/C25H33ClN4O3.C2HF3O2/c26-20-9-11-21(12-10-20)27-25(32)30(19-7-2-1-4-8-24(31)28-33)23-15-13-22(14-16-23)29-17-5-3-6-18-29;3-2(4,5)1(6)7/h9-16,33H,1-8,17-19H2,(H,27,32)(H,28,31);(H,6,7). The number of unbranched alkanes of at least 4 members (excludes halogenated alkanes) is 3. The zero-order valence-corrected chi connectivity index (χ0v) is 22.7. The average Bonchev–Trinajstić information content (AvgIpc) is 2.94. The summed E-state index contributed by atoms with van der Waals surface area (Å²) in [6.07, 6.45) is 2.20. The summed E-state index contributed by atoms with van der Waals surface area (Å²) < 4.78 is 31.7. The van der Waals surface area contributed by atoms with Crippen LogP contribution in [0.5, 0.6) is 0 Å². The van der Waals surface area contributed by atoms with Gasteiger partial charge in [0.25, 0.3) is 0 Å². The first-order valence-corrected chi connectivity index (χ1v) is 13.3. The molecule has 0 atom stereocenters. The van der Waals surface area contributed by atoms with E-state index in [4.69, 9.17) is 26.7 Å². The fourth-order valence-electron chi connectivity index (χ4n) is 4.03.